The first kappa shape index (κ1) is 20.2. The standard InChI is InChI=1S/C21H22F2N2O2S/c1-2-3-4-5-6-13-7-10-17-15(11-13)25-18(28-17)12-27-16-9-8-14(22)19(20(16)23)21(24)26/h7-11H,2-6,12H2,1H3,(H2,24,26). The molecule has 148 valence electrons. The molecule has 0 fully saturated rings. The molecule has 1 amide bonds. The number of amides is 1. The van der Waals surface area contributed by atoms with Crippen LogP contribution in [0.3, 0.4) is 0 Å². The van der Waals surface area contributed by atoms with Crippen LogP contribution in [0.4, 0.5) is 8.78 Å². The predicted molar refractivity (Wildman–Crippen MR) is 107 cm³/mol. The van der Waals surface area contributed by atoms with Crippen LogP contribution in [0.2, 0.25) is 0 Å². The van der Waals surface area contributed by atoms with Gasteiger partial charge in [0.1, 0.15) is 23.0 Å². The zero-order valence-corrected chi connectivity index (χ0v) is 16.5. The molecular weight excluding hydrogens is 382 g/mol. The van der Waals surface area contributed by atoms with Crippen molar-refractivity contribution < 1.29 is 18.3 Å². The molecule has 0 aliphatic carbocycles. The average Bonchev–Trinajstić information content (AvgIpc) is 3.06. The van der Waals surface area contributed by atoms with E-state index in [0.717, 1.165) is 35.2 Å². The second-order valence-electron chi connectivity index (χ2n) is 6.61. The number of carbonyl (C=O) groups excluding carboxylic acids is 1. The number of ether oxygens (including phenoxy) is 1. The monoisotopic (exact) mass is 404 g/mol. The number of nitrogens with zero attached hydrogens (tertiary/aromatic N) is 1. The lowest BCUT2D eigenvalue weighted by Gasteiger charge is -2.08. The van der Waals surface area contributed by atoms with Gasteiger partial charge in [-0.25, -0.2) is 13.8 Å². The number of carbonyl (C=O) groups is 1. The van der Waals surface area contributed by atoms with Crippen LogP contribution < -0.4 is 10.5 Å². The van der Waals surface area contributed by atoms with Gasteiger partial charge in [0.2, 0.25) is 0 Å². The molecular formula is C21H22F2N2O2S. The maximum absolute atomic E-state index is 14.2. The Hall–Kier alpha value is -2.54. The number of aromatic nitrogens is 1. The van der Waals surface area contributed by atoms with Gasteiger partial charge in [0.25, 0.3) is 5.91 Å². The lowest BCUT2D eigenvalue weighted by molar-refractivity contribution is 0.0991. The fourth-order valence-corrected chi connectivity index (χ4v) is 3.86. The van der Waals surface area contributed by atoms with Gasteiger partial charge in [-0.15, -0.1) is 11.3 Å². The van der Waals surface area contributed by atoms with E-state index in [-0.39, 0.29) is 12.4 Å². The molecule has 0 unspecified atom stereocenters. The van der Waals surface area contributed by atoms with Crippen molar-refractivity contribution in [3.63, 3.8) is 0 Å². The smallest absolute Gasteiger partial charge is 0.254 e. The third-order valence-electron chi connectivity index (χ3n) is 4.47. The minimum atomic E-state index is -1.17. The highest BCUT2D eigenvalue weighted by Crippen LogP contribution is 2.27. The Bertz CT molecular complexity index is 988. The van der Waals surface area contributed by atoms with Crippen molar-refractivity contribution in [1.82, 2.24) is 4.98 Å². The summed E-state index contributed by atoms with van der Waals surface area (Å²) in [7, 11) is 0. The molecule has 0 aliphatic heterocycles. The van der Waals surface area contributed by atoms with Crippen molar-refractivity contribution in [3.8, 4) is 5.75 Å². The Labute approximate surface area is 166 Å². The molecule has 0 atom stereocenters. The van der Waals surface area contributed by atoms with Gasteiger partial charge in [-0.05, 0) is 42.7 Å². The Balaban J connectivity index is 1.70. The quantitative estimate of drug-likeness (QED) is 0.487. The van der Waals surface area contributed by atoms with Crippen LogP contribution in [-0.4, -0.2) is 10.9 Å². The Kier molecular flexibility index (Phi) is 6.57. The van der Waals surface area contributed by atoms with Gasteiger partial charge in [-0.1, -0.05) is 32.3 Å². The first-order valence-corrected chi connectivity index (χ1v) is 10.1. The van der Waals surface area contributed by atoms with Crippen molar-refractivity contribution in [3.05, 3.63) is 58.1 Å². The van der Waals surface area contributed by atoms with Crippen molar-refractivity contribution in [2.45, 2.75) is 45.6 Å². The molecule has 1 heterocycles. The average molecular weight is 404 g/mol. The van der Waals surface area contributed by atoms with Crippen molar-refractivity contribution in [1.29, 1.82) is 0 Å². The maximum Gasteiger partial charge on any atom is 0.254 e. The van der Waals surface area contributed by atoms with Gasteiger partial charge < -0.3 is 10.5 Å². The molecule has 3 aromatic rings. The summed E-state index contributed by atoms with van der Waals surface area (Å²) in [6.07, 6.45) is 5.87. The van der Waals surface area contributed by atoms with Crippen LogP contribution >= 0.6 is 11.3 Å². The van der Waals surface area contributed by atoms with E-state index in [4.69, 9.17) is 10.5 Å². The third-order valence-corrected chi connectivity index (χ3v) is 5.48. The normalized spacial score (nSPS) is 11.1. The number of benzene rings is 2. The van der Waals surface area contributed by atoms with Gasteiger partial charge in [0, 0.05) is 0 Å². The van der Waals surface area contributed by atoms with Crippen molar-refractivity contribution in [2.24, 2.45) is 5.73 Å². The van der Waals surface area contributed by atoms with Crippen LogP contribution in [-0.2, 0) is 13.0 Å². The predicted octanol–water partition coefficient (Wildman–Crippen LogP) is 5.38. The summed E-state index contributed by atoms with van der Waals surface area (Å²) >= 11 is 1.45. The van der Waals surface area contributed by atoms with Crippen LogP contribution in [0.1, 0.15) is 53.5 Å². The molecule has 2 N–H and O–H groups in total. The molecule has 2 aromatic carbocycles. The lowest BCUT2D eigenvalue weighted by Crippen LogP contribution is -2.16. The molecule has 0 spiro atoms. The minimum Gasteiger partial charge on any atom is -0.483 e. The number of unbranched alkanes of at least 4 members (excludes halogenated alkanes) is 3. The molecule has 4 nitrogen and oxygen atoms in total. The lowest BCUT2D eigenvalue weighted by atomic mass is 10.1. The highest BCUT2D eigenvalue weighted by molar-refractivity contribution is 7.18. The Morgan fingerprint density at radius 3 is 2.75 bits per heavy atom. The van der Waals surface area contributed by atoms with Crippen LogP contribution in [0, 0.1) is 11.6 Å². The molecule has 0 saturated carbocycles. The number of rotatable bonds is 9. The third kappa shape index (κ3) is 4.65. The maximum atomic E-state index is 14.2. The first-order chi connectivity index (χ1) is 13.5. The topological polar surface area (TPSA) is 65.2 Å². The number of primary amides is 1. The zero-order chi connectivity index (χ0) is 20.1. The van der Waals surface area contributed by atoms with Crippen molar-refractivity contribution >= 4 is 27.5 Å². The highest BCUT2D eigenvalue weighted by atomic mass is 32.1. The van der Waals surface area contributed by atoms with Crippen LogP contribution in [0.5, 0.6) is 5.75 Å². The number of halogens is 2. The van der Waals surface area contributed by atoms with E-state index in [1.165, 1.54) is 36.2 Å². The zero-order valence-electron chi connectivity index (χ0n) is 15.6. The summed E-state index contributed by atoms with van der Waals surface area (Å²) < 4.78 is 34.2. The van der Waals surface area contributed by atoms with E-state index in [9.17, 15) is 13.6 Å². The first-order valence-electron chi connectivity index (χ1n) is 9.28. The summed E-state index contributed by atoms with van der Waals surface area (Å²) in [4.78, 5) is 15.7. The summed E-state index contributed by atoms with van der Waals surface area (Å²) in [5, 5.41) is 0.669. The fourth-order valence-electron chi connectivity index (χ4n) is 3.00. The number of hydrogen-bond donors (Lipinski definition) is 1. The second kappa shape index (κ2) is 9.10. The number of aryl methyl sites for hydroxylation is 1. The number of nitrogens with two attached hydrogens (primary N) is 1. The SMILES string of the molecule is CCCCCCc1ccc2sc(COc3ccc(F)c(C(N)=O)c3F)nc2c1. The number of thiazole rings is 1. The summed E-state index contributed by atoms with van der Waals surface area (Å²) in [6, 6.07) is 8.32. The van der Waals surface area contributed by atoms with E-state index in [2.05, 4.69) is 24.0 Å². The van der Waals surface area contributed by atoms with Gasteiger partial charge in [-0.3, -0.25) is 4.79 Å². The molecule has 7 heteroatoms. The second-order valence-corrected chi connectivity index (χ2v) is 7.72. The van der Waals surface area contributed by atoms with Crippen LogP contribution in [0.15, 0.2) is 30.3 Å². The van der Waals surface area contributed by atoms with Crippen molar-refractivity contribution in [2.75, 3.05) is 0 Å². The highest BCUT2D eigenvalue weighted by Gasteiger charge is 2.19. The van der Waals surface area contributed by atoms with Gasteiger partial charge in [0.05, 0.1) is 10.2 Å². The Morgan fingerprint density at radius 2 is 2.00 bits per heavy atom. The minimum absolute atomic E-state index is 0.0198. The molecule has 1 aromatic heterocycles. The Morgan fingerprint density at radius 1 is 1.18 bits per heavy atom. The van der Waals surface area contributed by atoms with E-state index in [1.807, 2.05) is 6.07 Å². The molecule has 0 radical (unpaired) electrons. The van der Waals surface area contributed by atoms with Gasteiger partial charge in [0.15, 0.2) is 11.6 Å². The largest absolute Gasteiger partial charge is 0.483 e. The van der Waals surface area contributed by atoms with Crippen LogP contribution in [0.25, 0.3) is 10.2 Å². The summed E-state index contributed by atoms with van der Waals surface area (Å²) in [5.74, 6) is -3.51. The molecule has 0 bridgehead atoms. The van der Waals surface area contributed by atoms with E-state index in [1.54, 1.807) is 0 Å². The molecule has 3 rings (SSSR count). The van der Waals surface area contributed by atoms with E-state index < -0.39 is 23.1 Å². The summed E-state index contributed by atoms with van der Waals surface area (Å²) in [6.45, 7) is 2.21. The van der Waals surface area contributed by atoms with E-state index >= 15 is 0 Å². The number of fused-ring (bicyclic) bond motifs is 1. The molecule has 0 aliphatic rings. The molecule has 28 heavy (non-hydrogen) atoms. The fraction of sp³-hybridized carbons (Fsp3) is 0.333. The molecule has 0 saturated heterocycles. The van der Waals surface area contributed by atoms with Gasteiger partial charge >= 0.3 is 0 Å². The number of hydrogen-bond acceptors (Lipinski definition) is 4. The summed E-state index contributed by atoms with van der Waals surface area (Å²) in [5.41, 5.74) is 6.36. The van der Waals surface area contributed by atoms with E-state index in [0.29, 0.717) is 5.01 Å². The van der Waals surface area contributed by atoms with Gasteiger partial charge in [-0.2, -0.15) is 0 Å².